The molecule has 13 heavy (non-hydrogen) atoms. The highest BCUT2D eigenvalue weighted by atomic mass is 16.5. The molecule has 0 rings (SSSR count). The third-order valence-corrected chi connectivity index (χ3v) is 2.31. The Morgan fingerprint density at radius 3 is 2.23 bits per heavy atom. The van der Waals surface area contributed by atoms with Gasteiger partial charge in [0.2, 0.25) is 0 Å². The first-order valence-corrected chi connectivity index (χ1v) is 5.23. The number of ether oxygens (including phenoxy) is 1. The van der Waals surface area contributed by atoms with E-state index in [2.05, 4.69) is 27.4 Å². The Morgan fingerprint density at radius 1 is 1.23 bits per heavy atom. The molecular weight excluding hydrogens is 160 g/mol. The van der Waals surface area contributed by atoms with E-state index in [-0.39, 0.29) is 6.10 Å². The maximum Gasteiger partial charge on any atom is 0.118 e. The molecule has 0 aromatic rings. The van der Waals surface area contributed by atoms with Gasteiger partial charge in [-0.3, -0.25) is 0 Å². The summed E-state index contributed by atoms with van der Waals surface area (Å²) in [6, 6.07) is 0. The fourth-order valence-corrected chi connectivity index (χ4v) is 1.35. The Bertz CT molecular complexity index is 145. The van der Waals surface area contributed by atoms with E-state index >= 15 is 0 Å². The third-order valence-electron chi connectivity index (χ3n) is 2.31. The quantitative estimate of drug-likeness (QED) is 0.428. The minimum Gasteiger partial charge on any atom is -0.494 e. The van der Waals surface area contributed by atoms with Gasteiger partial charge in [-0.15, -0.1) is 0 Å². The molecule has 0 amide bonds. The van der Waals surface area contributed by atoms with E-state index in [0.29, 0.717) is 5.92 Å². The Morgan fingerprint density at radius 2 is 1.85 bits per heavy atom. The average Bonchev–Trinajstić information content (AvgIpc) is 2.17. The lowest BCUT2D eigenvalue weighted by molar-refractivity contribution is 0.121. The summed E-state index contributed by atoms with van der Waals surface area (Å²) in [5, 5.41) is 0. The molecule has 0 N–H and O–H groups in total. The molecule has 1 nitrogen and oxygen atoms in total. The Balaban J connectivity index is 3.99. The van der Waals surface area contributed by atoms with E-state index in [4.69, 9.17) is 4.74 Å². The molecule has 0 aliphatic rings. The van der Waals surface area contributed by atoms with Gasteiger partial charge in [-0.05, 0) is 25.2 Å². The van der Waals surface area contributed by atoms with Gasteiger partial charge in [-0.1, -0.05) is 39.5 Å². The normalized spacial score (nSPS) is 13.5. The summed E-state index contributed by atoms with van der Waals surface area (Å²) >= 11 is 0. The fraction of sp³-hybridized carbons (Fsp3) is 0.667. The molecule has 0 heterocycles. The molecule has 0 aromatic carbocycles. The van der Waals surface area contributed by atoms with Crippen molar-refractivity contribution in [3.8, 4) is 0 Å². The van der Waals surface area contributed by atoms with Gasteiger partial charge in [-0.25, -0.2) is 0 Å². The van der Waals surface area contributed by atoms with Gasteiger partial charge >= 0.3 is 0 Å². The van der Waals surface area contributed by atoms with E-state index < -0.39 is 0 Å². The number of allylic oxidation sites excluding steroid dienone is 1. The SMILES string of the molecule is C=CC(OC=CCC)C(CC)CC. The summed E-state index contributed by atoms with van der Waals surface area (Å²) in [7, 11) is 0. The summed E-state index contributed by atoms with van der Waals surface area (Å²) in [6.45, 7) is 10.3. The van der Waals surface area contributed by atoms with Crippen LogP contribution < -0.4 is 0 Å². The zero-order chi connectivity index (χ0) is 10.1. The number of rotatable bonds is 7. The zero-order valence-electron chi connectivity index (χ0n) is 9.12. The Hall–Kier alpha value is -0.720. The van der Waals surface area contributed by atoms with Crippen LogP contribution in [-0.2, 0) is 4.74 Å². The first kappa shape index (κ1) is 12.3. The predicted molar refractivity (Wildman–Crippen MR) is 58.6 cm³/mol. The summed E-state index contributed by atoms with van der Waals surface area (Å²) in [4.78, 5) is 0. The van der Waals surface area contributed by atoms with Crippen LogP contribution in [0.2, 0.25) is 0 Å². The van der Waals surface area contributed by atoms with Crippen molar-refractivity contribution in [3.63, 3.8) is 0 Å². The number of hydrogen-bond donors (Lipinski definition) is 0. The molecule has 0 bridgehead atoms. The van der Waals surface area contributed by atoms with Crippen LogP contribution >= 0.6 is 0 Å². The summed E-state index contributed by atoms with van der Waals surface area (Å²) in [5.41, 5.74) is 0. The molecular formula is C12H22O. The molecule has 0 saturated heterocycles. The maximum atomic E-state index is 5.58. The van der Waals surface area contributed by atoms with Crippen molar-refractivity contribution in [1.82, 2.24) is 0 Å². The van der Waals surface area contributed by atoms with Gasteiger partial charge in [0.15, 0.2) is 0 Å². The molecule has 0 saturated carbocycles. The third kappa shape index (κ3) is 4.76. The van der Waals surface area contributed by atoms with Crippen LogP contribution in [0.3, 0.4) is 0 Å². The van der Waals surface area contributed by atoms with Gasteiger partial charge in [-0.2, -0.15) is 0 Å². The van der Waals surface area contributed by atoms with Crippen molar-refractivity contribution in [2.24, 2.45) is 5.92 Å². The minimum atomic E-state index is 0.179. The van der Waals surface area contributed by atoms with E-state index in [0.717, 1.165) is 19.3 Å². The second-order valence-corrected chi connectivity index (χ2v) is 3.19. The van der Waals surface area contributed by atoms with E-state index in [9.17, 15) is 0 Å². The average molecular weight is 182 g/mol. The highest BCUT2D eigenvalue weighted by molar-refractivity contribution is 4.87. The largest absolute Gasteiger partial charge is 0.494 e. The standard InChI is InChI=1S/C12H22O/c1-5-9-10-13-12(8-4)11(6-2)7-3/h8-12H,4-7H2,1-3H3. The summed E-state index contributed by atoms with van der Waals surface area (Å²) in [5.74, 6) is 0.596. The van der Waals surface area contributed by atoms with E-state index in [1.807, 2.05) is 12.2 Å². The van der Waals surface area contributed by atoms with Crippen LogP contribution in [0.4, 0.5) is 0 Å². The molecule has 0 radical (unpaired) electrons. The monoisotopic (exact) mass is 182 g/mol. The van der Waals surface area contributed by atoms with Crippen LogP contribution in [0.15, 0.2) is 25.0 Å². The predicted octanol–water partition coefficient (Wildman–Crippen LogP) is 3.92. The van der Waals surface area contributed by atoms with Gasteiger partial charge < -0.3 is 4.74 Å². The highest BCUT2D eigenvalue weighted by Gasteiger charge is 2.14. The highest BCUT2D eigenvalue weighted by Crippen LogP contribution is 2.17. The molecule has 76 valence electrons. The number of hydrogen-bond acceptors (Lipinski definition) is 1. The van der Waals surface area contributed by atoms with Crippen molar-refractivity contribution < 1.29 is 4.74 Å². The molecule has 1 unspecified atom stereocenters. The van der Waals surface area contributed by atoms with Gasteiger partial charge in [0.25, 0.3) is 0 Å². The van der Waals surface area contributed by atoms with Gasteiger partial charge in [0, 0.05) is 0 Å². The van der Waals surface area contributed by atoms with Crippen molar-refractivity contribution in [2.45, 2.75) is 46.1 Å². The molecule has 0 fully saturated rings. The molecule has 0 aliphatic carbocycles. The second kappa shape index (κ2) is 7.90. The first-order valence-electron chi connectivity index (χ1n) is 5.23. The van der Waals surface area contributed by atoms with Crippen molar-refractivity contribution >= 4 is 0 Å². The van der Waals surface area contributed by atoms with Gasteiger partial charge in [0.1, 0.15) is 6.10 Å². The topological polar surface area (TPSA) is 9.23 Å². The summed E-state index contributed by atoms with van der Waals surface area (Å²) in [6.07, 6.45) is 9.21. The van der Waals surface area contributed by atoms with E-state index in [1.54, 1.807) is 6.26 Å². The zero-order valence-corrected chi connectivity index (χ0v) is 9.12. The Kier molecular flexibility index (Phi) is 7.47. The van der Waals surface area contributed by atoms with Crippen LogP contribution in [0.5, 0.6) is 0 Å². The molecule has 0 aromatic heterocycles. The lowest BCUT2D eigenvalue weighted by atomic mass is 9.96. The van der Waals surface area contributed by atoms with Crippen LogP contribution in [0, 0.1) is 5.92 Å². The second-order valence-electron chi connectivity index (χ2n) is 3.19. The van der Waals surface area contributed by atoms with E-state index in [1.165, 1.54) is 0 Å². The lowest BCUT2D eigenvalue weighted by Crippen LogP contribution is -2.18. The smallest absolute Gasteiger partial charge is 0.118 e. The Labute approximate surface area is 82.5 Å². The van der Waals surface area contributed by atoms with Crippen molar-refractivity contribution in [3.05, 3.63) is 25.0 Å². The van der Waals surface area contributed by atoms with Crippen molar-refractivity contribution in [2.75, 3.05) is 0 Å². The van der Waals surface area contributed by atoms with Crippen LogP contribution in [0.25, 0.3) is 0 Å². The summed E-state index contributed by atoms with van der Waals surface area (Å²) < 4.78 is 5.58. The first-order chi connectivity index (χ1) is 6.29. The fourth-order valence-electron chi connectivity index (χ4n) is 1.35. The lowest BCUT2D eigenvalue weighted by Gasteiger charge is -2.21. The van der Waals surface area contributed by atoms with Crippen LogP contribution in [-0.4, -0.2) is 6.10 Å². The van der Waals surface area contributed by atoms with Crippen molar-refractivity contribution in [1.29, 1.82) is 0 Å². The molecule has 0 aliphatic heterocycles. The van der Waals surface area contributed by atoms with Gasteiger partial charge in [0.05, 0.1) is 6.26 Å². The molecule has 1 heteroatoms. The maximum absolute atomic E-state index is 5.58. The minimum absolute atomic E-state index is 0.179. The molecule has 1 atom stereocenters. The van der Waals surface area contributed by atoms with Crippen LogP contribution in [0.1, 0.15) is 40.0 Å². The molecule has 0 spiro atoms.